The first-order valence-corrected chi connectivity index (χ1v) is 12.6. The standard InChI is InChI=1S/C28H37N3O2/c1-18(2)26-24-16-21(20-7-11-31(12-8-20)23-9-13-33-14-10-23)5-6-25(24)29-27(26)22-15-19(3)28(32)30(4)17-22/h5-6,15-18,20,23,29H,7-14H2,1-4H3. The number of nitrogens with one attached hydrogen (secondary N) is 1. The van der Waals surface area contributed by atoms with Gasteiger partial charge in [0.15, 0.2) is 0 Å². The Labute approximate surface area is 196 Å². The number of benzene rings is 1. The maximum absolute atomic E-state index is 12.2. The summed E-state index contributed by atoms with van der Waals surface area (Å²) in [5.41, 5.74) is 7.08. The van der Waals surface area contributed by atoms with Crippen LogP contribution in [0.5, 0.6) is 0 Å². The number of H-pyrrole nitrogens is 1. The first kappa shape index (κ1) is 22.4. The molecule has 5 heteroatoms. The highest BCUT2D eigenvalue weighted by Crippen LogP contribution is 2.38. The number of aryl methyl sites for hydroxylation is 2. The summed E-state index contributed by atoms with van der Waals surface area (Å²) in [6.07, 6.45) is 6.79. The van der Waals surface area contributed by atoms with Gasteiger partial charge in [0.05, 0.1) is 5.69 Å². The minimum absolute atomic E-state index is 0.0651. The van der Waals surface area contributed by atoms with E-state index in [9.17, 15) is 4.79 Å². The van der Waals surface area contributed by atoms with Gasteiger partial charge in [-0.25, -0.2) is 0 Å². The average molecular weight is 448 g/mol. The average Bonchev–Trinajstić information content (AvgIpc) is 3.22. The molecular weight excluding hydrogens is 410 g/mol. The number of nitrogens with zero attached hydrogens (tertiary/aromatic N) is 2. The highest BCUT2D eigenvalue weighted by molar-refractivity contribution is 5.92. The molecule has 1 aromatic carbocycles. The summed E-state index contributed by atoms with van der Waals surface area (Å²) in [4.78, 5) is 18.6. The Morgan fingerprint density at radius 1 is 1.06 bits per heavy atom. The summed E-state index contributed by atoms with van der Waals surface area (Å²) >= 11 is 0. The van der Waals surface area contributed by atoms with Crippen LogP contribution in [0.1, 0.15) is 68.1 Å². The summed E-state index contributed by atoms with van der Waals surface area (Å²) < 4.78 is 7.25. The van der Waals surface area contributed by atoms with Crippen LogP contribution in [-0.2, 0) is 11.8 Å². The number of aromatic amines is 1. The predicted octanol–water partition coefficient (Wildman–Crippen LogP) is 5.32. The molecule has 5 nitrogen and oxygen atoms in total. The van der Waals surface area contributed by atoms with Crippen molar-refractivity contribution in [1.82, 2.24) is 14.5 Å². The topological polar surface area (TPSA) is 50.3 Å². The lowest BCUT2D eigenvalue weighted by atomic mass is 9.86. The molecule has 33 heavy (non-hydrogen) atoms. The molecule has 2 aromatic heterocycles. The molecule has 0 atom stereocenters. The van der Waals surface area contributed by atoms with Gasteiger partial charge in [-0.05, 0) is 86.9 Å². The normalized spacial score (nSPS) is 19.1. The van der Waals surface area contributed by atoms with E-state index in [4.69, 9.17) is 4.74 Å². The highest BCUT2D eigenvalue weighted by atomic mass is 16.5. The number of ether oxygens (including phenoxy) is 1. The molecule has 3 aromatic rings. The molecular formula is C28H37N3O2. The third kappa shape index (κ3) is 4.29. The van der Waals surface area contributed by atoms with E-state index >= 15 is 0 Å². The highest BCUT2D eigenvalue weighted by Gasteiger charge is 2.27. The first-order valence-electron chi connectivity index (χ1n) is 12.6. The van der Waals surface area contributed by atoms with Gasteiger partial charge in [0, 0.05) is 54.5 Å². The van der Waals surface area contributed by atoms with Crippen molar-refractivity contribution in [3.05, 3.63) is 57.5 Å². The van der Waals surface area contributed by atoms with Gasteiger partial charge >= 0.3 is 0 Å². The molecule has 0 aliphatic carbocycles. The number of likely N-dealkylation sites (tertiary alicyclic amines) is 1. The van der Waals surface area contributed by atoms with E-state index in [0.717, 1.165) is 30.0 Å². The van der Waals surface area contributed by atoms with E-state index in [2.05, 4.69) is 41.9 Å². The Hall–Kier alpha value is -2.37. The summed E-state index contributed by atoms with van der Waals surface area (Å²) in [5, 5.41) is 1.33. The van der Waals surface area contributed by atoms with Crippen molar-refractivity contribution in [2.75, 3.05) is 26.3 Å². The fourth-order valence-electron chi connectivity index (χ4n) is 5.97. The quantitative estimate of drug-likeness (QED) is 0.589. The van der Waals surface area contributed by atoms with E-state index in [1.807, 2.05) is 26.2 Å². The monoisotopic (exact) mass is 447 g/mol. The van der Waals surface area contributed by atoms with E-state index < -0.39 is 0 Å². The zero-order valence-electron chi connectivity index (χ0n) is 20.5. The van der Waals surface area contributed by atoms with Crippen LogP contribution in [0.3, 0.4) is 0 Å². The van der Waals surface area contributed by atoms with Crippen LogP contribution in [0.2, 0.25) is 0 Å². The van der Waals surface area contributed by atoms with Gasteiger partial charge in [0.1, 0.15) is 0 Å². The maximum atomic E-state index is 12.2. The van der Waals surface area contributed by atoms with E-state index in [0.29, 0.717) is 17.9 Å². The van der Waals surface area contributed by atoms with Crippen molar-refractivity contribution < 1.29 is 4.74 Å². The van der Waals surface area contributed by atoms with Gasteiger partial charge < -0.3 is 19.2 Å². The molecule has 0 radical (unpaired) electrons. The maximum Gasteiger partial charge on any atom is 0.253 e. The molecule has 2 aliphatic rings. The second-order valence-electron chi connectivity index (χ2n) is 10.4. The molecule has 5 rings (SSSR count). The smallest absolute Gasteiger partial charge is 0.253 e. The molecule has 2 aliphatic heterocycles. The number of rotatable bonds is 4. The lowest BCUT2D eigenvalue weighted by Gasteiger charge is -2.39. The number of hydrogen-bond donors (Lipinski definition) is 1. The Morgan fingerprint density at radius 2 is 1.79 bits per heavy atom. The van der Waals surface area contributed by atoms with Crippen LogP contribution in [0.25, 0.3) is 22.2 Å². The van der Waals surface area contributed by atoms with Gasteiger partial charge in [-0.15, -0.1) is 0 Å². The lowest BCUT2D eigenvalue weighted by molar-refractivity contribution is 0.0252. The third-order valence-electron chi connectivity index (χ3n) is 7.80. The molecule has 0 unspecified atom stereocenters. The Balaban J connectivity index is 1.45. The summed E-state index contributed by atoms with van der Waals surface area (Å²) in [6.45, 7) is 10.7. The minimum atomic E-state index is 0.0651. The van der Waals surface area contributed by atoms with Crippen LogP contribution >= 0.6 is 0 Å². The Kier molecular flexibility index (Phi) is 6.19. The minimum Gasteiger partial charge on any atom is -0.381 e. The van der Waals surface area contributed by atoms with Gasteiger partial charge in [0.2, 0.25) is 0 Å². The Bertz CT molecular complexity index is 1170. The van der Waals surface area contributed by atoms with Crippen molar-refractivity contribution in [2.45, 2.75) is 64.3 Å². The van der Waals surface area contributed by atoms with Crippen molar-refractivity contribution in [3.63, 3.8) is 0 Å². The predicted molar refractivity (Wildman–Crippen MR) is 135 cm³/mol. The van der Waals surface area contributed by atoms with E-state index in [1.54, 1.807) is 4.57 Å². The SMILES string of the molecule is Cc1cc(-c2[nH]c3ccc(C4CCN(C5CCOCC5)CC4)cc3c2C(C)C)cn(C)c1=O. The van der Waals surface area contributed by atoms with E-state index in [1.165, 1.54) is 60.8 Å². The molecule has 1 N–H and O–H groups in total. The van der Waals surface area contributed by atoms with Crippen molar-refractivity contribution >= 4 is 10.9 Å². The van der Waals surface area contributed by atoms with Crippen molar-refractivity contribution in [2.24, 2.45) is 7.05 Å². The van der Waals surface area contributed by atoms with Crippen LogP contribution in [0, 0.1) is 6.92 Å². The number of aromatic nitrogens is 2. The number of hydrogen-bond acceptors (Lipinski definition) is 3. The van der Waals surface area contributed by atoms with Gasteiger partial charge in [0.25, 0.3) is 5.56 Å². The number of fused-ring (bicyclic) bond motifs is 1. The summed E-state index contributed by atoms with van der Waals surface area (Å²) in [6, 6.07) is 9.76. The van der Waals surface area contributed by atoms with Gasteiger partial charge in [-0.2, -0.15) is 0 Å². The second-order valence-corrected chi connectivity index (χ2v) is 10.4. The molecule has 0 spiro atoms. The van der Waals surface area contributed by atoms with Gasteiger partial charge in [-0.3, -0.25) is 4.79 Å². The van der Waals surface area contributed by atoms with E-state index in [-0.39, 0.29) is 5.56 Å². The van der Waals surface area contributed by atoms with Crippen LogP contribution in [0.4, 0.5) is 0 Å². The van der Waals surface area contributed by atoms with Crippen molar-refractivity contribution in [1.29, 1.82) is 0 Å². The number of piperidine rings is 1. The summed E-state index contributed by atoms with van der Waals surface area (Å²) in [5.74, 6) is 1.01. The fourth-order valence-corrected chi connectivity index (χ4v) is 5.97. The molecule has 2 saturated heterocycles. The zero-order chi connectivity index (χ0) is 23.1. The molecule has 0 amide bonds. The zero-order valence-corrected chi connectivity index (χ0v) is 20.5. The first-order chi connectivity index (χ1) is 15.9. The Morgan fingerprint density at radius 3 is 2.45 bits per heavy atom. The van der Waals surface area contributed by atoms with Crippen LogP contribution < -0.4 is 5.56 Å². The third-order valence-corrected chi connectivity index (χ3v) is 7.80. The fraction of sp³-hybridized carbons (Fsp3) is 0.536. The van der Waals surface area contributed by atoms with Gasteiger partial charge in [-0.1, -0.05) is 19.9 Å². The molecule has 176 valence electrons. The summed E-state index contributed by atoms with van der Waals surface area (Å²) in [7, 11) is 1.83. The second kappa shape index (κ2) is 9.11. The largest absolute Gasteiger partial charge is 0.381 e. The molecule has 4 heterocycles. The molecule has 2 fully saturated rings. The van der Waals surface area contributed by atoms with Crippen molar-refractivity contribution in [3.8, 4) is 11.3 Å². The van der Waals surface area contributed by atoms with Crippen LogP contribution in [0.15, 0.2) is 35.3 Å². The molecule has 0 bridgehead atoms. The van der Waals surface area contributed by atoms with Crippen LogP contribution in [-0.4, -0.2) is 46.8 Å². The lowest BCUT2D eigenvalue weighted by Crippen LogP contribution is -2.43. The number of pyridine rings is 1. The molecule has 0 saturated carbocycles.